The van der Waals surface area contributed by atoms with Crippen molar-refractivity contribution in [1.29, 1.82) is 0 Å². The minimum atomic E-state index is -0.681. The van der Waals surface area contributed by atoms with E-state index in [-0.39, 0.29) is 11.9 Å². The van der Waals surface area contributed by atoms with Crippen LogP contribution in [-0.2, 0) is 11.2 Å². The van der Waals surface area contributed by atoms with Crippen molar-refractivity contribution in [3.8, 4) is 11.5 Å². The summed E-state index contributed by atoms with van der Waals surface area (Å²) >= 11 is 6.11. The summed E-state index contributed by atoms with van der Waals surface area (Å²) in [6.07, 6.45) is 0.528. The quantitative estimate of drug-likeness (QED) is 0.392. The Hall–Kier alpha value is -3.78. The SMILES string of the molecule is CC(C)(Cc1ccc2oc(-c3ccc4ccc(Cl)cc4n3)cc2c1)C(=O)Nc1nn[nH]n1. The summed E-state index contributed by atoms with van der Waals surface area (Å²) in [7, 11) is 0. The molecule has 9 heteroatoms. The first-order valence-electron chi connectivity index (χ1n) is 10.0. The number of rotatable bonds is 5. The van der Waals surface area contributed by atoms with Gasteiger partial charge in [0.05, 0.1) is 5.52 Å². The molecule has 5 aromatic rings. The number of benzene rings is 2. The highest BCUT2D eigenvalue weighted by atomic mass is 35.5. The maximum atomic E-state index is 12.7. The Morgan fingerprint density at radius 2 is 1.94 bits per heavy atom. The van der Waals surface area contributed by atoms with E-state index in [4.69, 9.17) is 21.0 Å². The molecule has 0 fully saturated rings. The summed E-state index contributed by atoms with van der Waals surface area (Å²) in [6.45, 7) is 3.75. The summed E-state index contributed by atoms with van der Waals surface area (Å²) in [6, 6.07) is 17.4. The fourth-order valence-electron chi connectivity index (χ4n) is 3.63. The van der Waals surface area contributed by atoms with Gasteiger partial charge in [-0.3, -0.25) is 10.1 Å². The molecule has 0 unspecified atom stereocenters. The largest absolute Gasteiger partial charge is 0.454 e. The summed E-state index contributed by atoms with van der Waals surface area (Å²) in [4.78, 5) is 17.3. The molecule has 160 valence electrons. The van der Waals surface area contributed by atoms with Crippen molar-refractivity contribution in [2.75, 3.05) is 5.32 Å². The number of hydrogen-bond donors (Lipinski definition) is 2. The number of hydrogen-bond acceptors (Lipinski definition) is 6. The standard InChI is InChI=1S/C23H19ClN6O2/c1-23(2,21(31)26-22-27-29-30-28-22)12-13-3-8-19-15(9-13)10-20(32-19)17-7-5-14-4-6-16(24)11-18(14)25-17/h3-11H,12H2,1-2H3,(H2,26,27,28,29,30,31). The van der Waals surface area contributed by atoms with Gasteiger partial charge in [-0.05, 0) is 53.6 Å². The molecule has 0 aliphatic heterocycles. The second-order valence-corrected chi connectivity index (χ2v) is 8.70. The van der Waals surface area contributed by atoms with Gasteiger partial charge in [-0.15, -0.1) is 5.10 Å². The van der Waals surface area contributed by atoms with Crippen molar-refractivity contribution in [1.82, 2.24) is 25.6 Å². The molecule has 2 N–H and O–H groups in total. The Balaban J connectivity index is 1.41. The molecule has 1 amide bonds. The second kappa shape index (κ2) is 7.72. The molecule has 0 saturated heterocycles. The zero-order valence-electron chi connectivity index (χ0n) is 17.4. The summed E-state index contributed by atoms with van der Waals surface area (Å²) < 4.78 is 6.03. The number of anilines is 1. The average molecular weight is 447 g/mol. The Morgan fingerprint density at radius 3 is 2.75 bits per heavy atom. The predicted octanol–water partition coefficient (Wildman–Crippen LogP) is 5.02. The Labute approximate surface area is 188 Å². The van der Waals surface area contributed by atoms with Crippen LogP contribution >= 0.6 is 11.6 Å². The molecule has 0 aliphatic carbocycles. The predicted molar refractivity (Wildman–Crippen MR) is 122 cm³/mol. The molecule has 3 aromatic heterocycles. The van der Waals surface area contributed by atoms with Crippen LogP contribution in [-0.4, -0.2) is 31.5 Å². The fraction of sp³-hybridized carbons (Fsp3) is 0.174. The first-order chi connectivity index (χ1) is 15.4. The lowest BCUT2D eigenvalue weighted by molar-refractivity contribution is -0.124. The average Bonchev–Trinajstić information content (AvgIpc) is 3.42. The number of nitrogens with one attached hydrogen (secondary N) is 2. The van der Waals surface area contributed by atoms with Crippen LogP contribution in [0.2, 0.25) is 5.02 Å². The van der Waals surface area contributed by atoms with Gasteiger partial charge in [-0.25, -0.2) is 4.98 Å². The van der Waals surface area contributed by atoms with E-state index in [1.54, 1.807) is 0 Å². The highest BCUT2D eigenvalue weighted by Crippen LogP contribution is 2.31. The minimum absolute atomic E-state index is 0.155. The maximum Gasteiger partial charge on any atom is 0.269 e. The number of nitrogens with zero attached hydrogens (tertiary/aromatic N) is 4. The van der Waals surface area contributed by atoms with Crippen LogP contribution in [0.5, 0.6) is 0 Å². The van der Waals surface area contributed by atoms with Gasteiger partial charge >= 0.3 is 0 Å². The van der Waals surface area contributed by atoms with Crippen LogP contribution in [0.3, 0.4) is 0 Å². The number of carbonyl (C=O) groups excluding carboxylic acids is 1. The molecule has 0 aliphatic rings. The van der Waals surface area contributed by atoms with E-state index in [1.807, 2.05) is 68.4 Å². The van der Waals surface area contributed by atoms with E-state index in [9.17, 15) is 4.79 Å². The van der Waals surface area contributed by atoms with Gasteiger partial charge in [0, 0.05) is 21.2 Å². The van der Waals surface area contributed by atoms with E-state index in [1.165, 1.54) is 0 Å². The molecule has 0 bridgehead atoms. The molecule has 3 heterocycles. The van der Waals surface area contributed by atoms with Crippen molar-refractivity contribution >= 4 is 45.3 Å². The first-order valence-corrected chi connectivity index (χ1v) is 10.4. The van der Waals surface area contributed by atoms with Crippen LogP contribution in [0, 0.1) is 5.41 Å². The Bertz CT molecular complexity index is 1440. The molecule has 5 rings (SSSR count). The van der Waals surface area contributed by atoms with E-state index in [0.717, 1.165) is 33.1 Å². The van der Waals surface area contributed by atoms with Crippen molar-refractivity contribution in [2.24, 2.45) is 5.41 Å². The van der Waals surface area contributed by atoms with Crippen LogP contribution in [0.15, 0.2) is 59.0 Å². The lowest BCUT2D eigenvalue weighted by atomic mass is 9.84. The Kier molecular flexibility index (Phi) is 4.86. The lowest BCUT2D eigenvalue weighted by Crippen LogP contribution is -2.33. The number of tetrazole rings is 1. The molecule has 0 saturated carbocycles. The fourth-order valence-corrected chi connectivity index (χ4v) is 3.80. The van der Waals surface area contributed by atoms with E-state index >= 15 is 0 Å². The summed E-state index contributed by atoms with van der Waals surface area (Å²) in [5.74, 6) is 0.640. The number of furan rings is 1. The van der Waals surface area contributed by atoms with Gasteiger partial charge in [0.25, 0.3) is 5.95 Å². The molecule has 0 radical (unpaired) electrons. The van der Waals surface area contributed by atoms with Crippen LogP contribution in [0.4, 0.5) is 5.95 Å². The smallest absolute Gasteiger partial charge is 0.269 e. The van der Waals surface area contributed by atoms with E-state index < -0.39 is 5.41 Å². The first kappa shape index (κ1) is 20.1. The number of fused-ring (bicyclic) bond motifs is 2. The third-order valence-corrected chi connectivity index (χ3v) is 5.55. The van der Waals surface area contributed by atoms with Gasteiger partial charge in [0.1, 0.15) is 11.3 Å². The van der Waals surface area contributed by atoms with Crippen LogP contribution in [0.1, 0.15) is 19.4 Å². The highest BCUT2D eigenvalue weighted by molar-refractivity contribution is 6.31. The second-order valence-electron chi connectivity index (χ2n) is 8.27. The highest BCUT2D eigenvalue weighted by Gasteiger charge is 2.29. The molecule has 0 atom stereocenters. The topological polar surface area (TPSA) is 110 Å². The molecule has 0 spiro atoms. The van der Waals surface area contributed by atoms with E-state index in [0.29, 0.717) is 17.2 Å². The molecular weight excluding hydrogens is 428 g/mol. The lowest BCUT2D eigenvalue weighted by Gasteiger charge is -2.22. The van der Waals surface area contributed by atoms with Gasteiger partial charge in [0.15, 0.2) is 5.76 Å². The van der Waals surface area contributed by atoms with Crippen LogP contribution < -0.4 is 5.32 Å². The van der Waals surface area contributed by atoms with Gasteiger partial charge in [-0.2, -0.15) is 5.21 Å². The molecule has 32 heavy (non-hydrogen) atoms. The third kappa shape index (κ3) is 3.92. The summed E-state index contributed by atoms with van der Waals surface area (Å²) in [5.41, 5.74) is 2.63. The summed E-state index contributed by atoms with van der Waals surface area (Å²) in [5, 5.41) is 18.6. The van der Waals surface area contributed by atoms with Crippen LogP contribution in [0.25, 0.3) is 33.3 Å². The van der Waals surface area contributed by atoms with Crippen molar-refractivity contribution in [3.63, 3.8) is 0 Å². The number of aromatic nitrogens is 5. The van der Waals surface area contributed by atoms with Crippen molar-refractivity contribution in [2.45, 2.75) is 20.3 Å². The monoisotopic (exact) mass is 446 g/mol. The minimum Gasteiger partial charge on any atom is -0.454 e. The normalized spacial score (nSPS) is 11.8. The number of H-pyrrole nitrogens is 1. The van der Waals surface area contributed by atoms with Crippen molar-refractivity contribution in [3.05, 3.63) is 65.2 Å². The zero-order valence-corrected chi connectivity index (χ0v) is 18.1. The third-order valence-electron chi connectivity index (χ3n) is 5.32. The van der Waals surface area contributed by atoms with Gasteiger partial charge in [-0.1, -0.05) is 48.7 Å². The number of carbonyl (C=O) groups is 1. The molecule has 8 nitrogen and oxygen atoms in total. The van der Waals surface area contributed by atoms with Crippen molar-refractivity contribution < 1.29 is 9.21 Å². The number of halogens is 1. The Morgan fingerprint density at radius 1 is 1.09 bits per heavy atom. The zero-order chi connectivity index (χ0) is 22.3. The molecule has 2 aromatic carbocycles. The van der Waals surface area contributed by atoms with Gasteiger partial charge < -0.3 is 4.42 Å². The molecular formula is C23H19ClN6O2. The van der Waals surface area contributed by atoms with E-state index in [2.05, 4.69) is 25.9 Å². The van der Waals surface area contributed by atoms with Gasteiger partial charge in [0.2, 0.25) is 5.91 Å². The number of amides is 1. The maximum absolute atomic E-state index is 12.7. The number of aromatic amines is 1. The number of pyridine rings is 1.